The molecule has 3 aromatic rings. The number of ether oxygens (including phenoxy) is 1. The van der Waals surface area contributed by atoms with Crippen LogP contribution in [-0.2, 0) is 13.2 Å². The number of aliphatic hydroxyl groups is 1. The van der Waals surface area contributed by atoms with E-state index in [1.54, 1.807) is 7.11 Å². The molecule has 0 aliphatic carbocycles. The second-order valence-corrected chi connectivity index (χ2v) is 5.22. The fraction of sp³-hybridized carbons (Fsp3) is 0.235. The molecule has 0 atom stereocenters. The van der Waals surface area contributed by atoms with Gasteiger partial charge < -0.3 is 19.6 Å². The van der Waals surface area contributed by atoms with Crippen LogP contribution >= 0.6 is 0 Å². The summed E-state index contributed by atoms with van der Waals surface area (Å²) >= 11 is 0. The molecular weight excluding hydrogens is 278 g/mol. The Kier molecular flexibility index (Phi) is 3.98. The fourth-order valence-electron chi connectivity index (χ4n) is 2.47. The molecule has 0 saturated carbocycles. The highest BCUT2D eigenvalue weighted by Gasteiger charge is 2.06. The number of hydrogen-bond donors (Lipinski definition) is 2. The third-order valence-electron chi connectivity index (χ3n) is 3.67. The van der Waals surface area contributed by atoms with Crippen LogP contribution in [0.1, 0.15) is 16.8 Å². The number of aliphatic hydroxyl groups excluding tert-OH is 1. The molecule has 0 amide bonds. The summed E-state index contributed by atoms with van der Waals surface area (Å²) in [7, 11) is 1.60. The fourth-order valence-corrected chi connectivity index (χ4v) is 2.47. The smallest absolute Gasteiger partial charge is 0.137 e. The summed E-state index contributed by atoms with van der Waals surface area (Å²) < 4.78 is 7.27. The van der Waals surface area contributed by atoms with Crippen LogP contribution < -0.4 is 10.1 Å². The second-order valence-electron chi connectivity index (χ2n) is 5.22. The van der Waals surface area contributed by atoms with Crippen LogP contribution in [0.5, 0.6) is 5.75 Å². The zero-order valence-corrected chi connectivity index (χ0v) is 12.7. The summed E-state index contributed by atoms with van der Waals surface area (Å²) in [5.41, 5.74) is 4.92. The van der Waals surface area contributed by atoms with Crippen molar-refractivity contribution in [1.82, 2.24) is 9.38 Å². The third kappa shape index (κ3) is 2.76. The van der Waals surface area contributed by atoms with Gasteiger partial charge in [-0.2, -0.15) is 0 Å². The molecule has 2 N–H and O–H groups in total. The summed E-state index contributed by atoms with van der Waals surface area (Å²) in [6, 6.07) is 9.81. The minimum atomic E-state index is -0.0480. The first kappa shape index (κ1) is 14.4. The van der Waals surface area contributed by atoms with Gasteiger partial charge in [0.2, 0.25) is 0 Å². The van der Waals surface area contributed by atoms with Gasteiger partial charge in [-0.1, -0.05) is 0 Å². The van der Waals surface area contributed by atoms with E-state index in [0.29, 0.717) is 12.3 Å². The van der Waals surface area contributed by atoms with Crippen LogP contribution in [0.25, 0.3) is 5.65 Å². The lowest BCUT2D eigenvalue weighted by Crippen LogP contribution is -2.03. The number of fused-ring (bicyclic) bond motifs is 1. The third-order valence-corrected chi connectivity index (χ3v) is 3.67. The molecule has 5 heteroatoms. The molecule has 2 aromatic heterocycles. The van der Waals surface area contributed by atoms with Gasteiger partial charge >= 0.3 is 0 Å². The maximum atomic E-state index is 9.37. The molecule has 0 fully saturated rings. The maximum absolute atomic E-state index is 9.37. The molecule has 0 aliphatic rings. The van der Waals surface area contributed by atoms with Crippen LogP contribution in [0.3, 0.4) is 0 Å². The highest BCUT2D eigenvalue weighted by Crippen LogP contribution is 2.23. The van der Waals surface area contributed by atoms with E-state index in [2.05, 4.69) is 33.8 Å². The van der Waals surface area contributed by atoms with Crippen molar-refractivity contribution >= 4 is 11.3 Å². The largest absolute Gasteiger partial charge is 0.496 e. The summed E-state index contributed by atoms with van der Waals surface area (Å²) in [5.74, 6) is 0.693. The SMILES string of the molecule is COc1ccc(NCc2cnc3cc(C)ccn23)cc1CO. The van der Waals surface area contributed by atoms with Crippen LogP contribution in [-0.4, -0.2) is 21.6 Å². The number of nitrogens with one attached hydrogen (secondary N) is 1. The lowest BCUT2D eigenvalue weighted by atomic mass is 10.2. The van der Waals surface area contributed by atoms with E-state index < -0.39 is 0 Å². The predicted molar refractivity (Wildman–Crippen MR) is 86.2 cm³/mol. The molecule has 0 spiro atoms. The summed E-state index contributed by atoms with van der Waals surface area (Å²) in [6.45, 7) is 2.66. The van der Waals surface area contributed by atoms with E-state index in [0.717, 1.165) is 22.6 Å². The molecule has 1 aromatic carbocycles. The Balaban J connectivity index is 1.79. The van der Waals surface area contributed by atoms with Crippen molar-refractivity contribution in [2.45, 2.75) is 20.1 Å². The van der Waals surface area contributed by atoms with E-state index in [9.17, 15) is 5.11 Å². The van der Waals surface area contributed by atoms with Crippen molar-refractivity contribution in [3.63, 3.8) is 0 Å². The van der Waals surface area contributed by atoms with Gasteiger partial charge in [-0.3, -0.25) is 0 Å². The normalized spacial score (nSPS) is 10.9. The Bertz CT molecular complexity index is 796. The monoisotopic (exact) mass is 297 g/mol. The van der Waals surface area contributed by atoms with E-state index in [-0.39, 0.29) is 6.61 Å². The van der Waals surface area contributed by atoms with Gasteiger partial charge in [0.25, 0.3) is 0 Å². The molecule has 0 radical (unpaired) electrons. The highest BCUT2D eigenvalue weighted by atomic mass is 16.5. The lowest BCUT2D eigenvalue weighted by Gasteiger charge is -2.11. The van der Waals surface area contributed by atoms with Crippen LogP contribution in [0.4, 0.5) is 5.69 Å². The number of hydrogen-bond acceptors (Lipinski definition) is 4. The summed E-state index contributed by atoms with van der Waals surface area (Å²) in [6.07, 6.45) is 3.90. The van der Waals surface area contributed by atoms with Gasteiger partial charge in [-0.15, -0.1) is 0 Å². The topological polar surface area (TPSA) is 58.8 Å². The van der Waals surface area contributed by atoms with E-state index in [1.165, 1.54) is 5.56 Å². The Morgan fingerprint density at radius 3 is 2.91 bits per heavy atom. The number of anilines is 1. The predicted octanol–water partition coefficient (Wildman–Crippen LogP) is 2.76. The Morgan fingerprint density at radius 1 is 1.27 bits per heavy atom. The molecule has 3 rings (SSSR count). The van der Waals surface area contributed by atoms with Crippen molar-refractivity contribution < 1.29 is 9.84 Å². The number of pyridine rings is 1. The summed E-state index contributed by atoms with van der Waals surface area (Å²) in [4.78, 5) is 4.42. The molecule has 5 nitrogen and oxygen atoms in total. The Hall–Kier alpha value is -2.53. The highest BCUT2D eigenvalue weighted by molar-refractivity contribution is 5.51. The minimum Gasteiger partial charge on any atom is -0.496 e. The number of rotatable bonds is 5. The van der Waals surface area contributed by atoms with Crippen molar-refractivity contribution in [2.75, 3.05) is 12.4 Å². The number of methoxy groups -OCH3 is 1. The number of aromatic nitrogens is 2. The van der Waals surface area contributed by atoms with Gasteiger partial charge in [0.1, 0.15) is 11.4 Å². The molecule has 2 heterocycles. The first-order chi connectivity index (χ1) is 10.7. The maximum Gasteiger partial charge on any atom is 0.137 e. The zero-order chi connectivity index (χ0) is 15.5. The average molecular weight is 297 g/mol. The van der Waals surface area contributed by atoms with Gasteiger partial charge in [-0.25, -0.2) is 4.98 Å². The van der Waals surface area contributed by atoms with Crippen molar-refractivity contribution in [3.05, 3.63) is 59.5 Å². The average Bonchev–Trinajstić information content (AvgIpc) is 2.94. The van der Waals surface area contributed by atoms with Crippen LogP contribution in [0, 0.1) is 6.92 Å². The summed E-state index contributed by atoms with van der Waals surface area (Å²) in [5, 5.41) is 12.7. The Labute approximate surface area is 129 Å². The van der Waals surface area contributed by atoms with Crippen molar-refractivity contribution in [3.8, 4) is 5.75 Å². The number of aryl methyl sites for hydroxylation is 1. The minimum absolute atomic E-state index is 0.0480. The molecule has 0 saturated heterocycles. The van der Waals surface area contributed by atoms with Gasteiger partial charge in [0.15, 0.2) is 0 Å². The number of imidazole rings is 1. The van der Waals surface area contributed by atoms with Crippen LogP contribution in [0.2, 0.25) is 0 Å². The van der Waals surface area contributed by atoms with Crippen molar-refractivity contribution in [1.29, 1.82) is 0 Å². The first-order valence-electron chi connectivity index (χ1n) is 7.15. The Morgan fingerprint density at radius 2 is 2.14 bits per heavy atom. The van der Waals surface area contributed by atoms with Crippen LogP contribution in [0.15, 0.2) is 42.7 Å². The van der Waals surface area contributed by atoms with Crippen molar-refractivity contribution in [2.24, 2.45) is 0 Å². The molecule has 0 aliphatic heterocycles. The molecule has 0 bridgehead atoms. The second kappa shape index (κ2) is 6.07. The zero-order valence-electron chi connectivity index (χ0n) is 12.7. The van der Waals surface area contributed by atoms with Gasteiger partial charge in [-0.05, 0) is 42.8 Å². The van der Waals surface area contributed by atoms with Gasteiger partial charge in [0.05, 0.1) is 32.2 Å². The quantitative estimate of drug-likeness (QED) is 0.760. The lowest BCUT2D eigenvalue weighted by molar-refractivity contribution is 0.274. The van der Waals surface area contributed by atoms with Gasteiger partial charge in [0, 0.05) is 17.4 Å². The first-order valence-corrected chi connectivity index (χ1v) is 7.15. The standard InChI is InChI=1S/C17H19N3O2/c1-12-5-6-20-15(10-19-17(20)7-12)9-18-14-3-4-16(22-2)13(8-14)11-21/h3-8,10,18,21H,9,11H2,1-2H3. The van der Waals surface area contributed by atoms with E-state index >= 15 is 0 Å². The molecule has 0 unspecified atom stereocenters. The molecule has 114 valence electrons. The number of nitrogens with zero attached hydrogens (tertiary/aromatic N) is 2. The molecular formula is C17H19N3O2. The van der Waals surface area contributed by atoms with E-state index in [1.807, 2.05) is 30.6 Å². The van der Waals surface area contributed by atoms with E-state index in [4.69, 9.17) is 4.74 Å². The molecule has 22 heavy (non-hydrogen) atoms. The number of benzene rings is 1.